The molecule has 0 heterocycles. The summed E-state index contributed by atoms with van der Waals surface area (Å²) in [7, 11) is 0. The van der Waals surface area contributed by atoms with E-state index in [-0.39, 0.29) is 4.83 Å². The van der Waals surface area contributed by atoms with E-state index in [1.807, 2.05) is 0 Å². The first kappa shape index (κ1) is 16.2. The van der Waals surface area contributed by atoms with Crippen LogP contribution in [-0.4, -0.2) is 0 Å². The molecule has 0 radical (unpaired) electrons. The maximum absolute atomic E-state index is 13.2. The Kier molecular flexibility index (Phi) is 5.92. The van der Waals surface area contributed by atoms with Crippen molar-refractivity contribution in [2.45, 2.75) is 37.4 Å². The van der Waals surface area contributed by atoms with Gasteiger partial charge in [0.05, 0.1) is 0 Å². The fraction of sp³-hybridized carbons (Fsp3) is 0.333. The van der Waals surface area contributed by atoms with Gasteiger partial charge < -0.3 is 0 Å². The molecular formula is C18H19BrF2. The van der Waals surface area contributed by atoms with Gasteiger partial charge in [-0.1, -0.05) is 59.6 Å². The van der Waals surface area contributed by atoms with Gasteiger partial charge in [0.25, 0.3) is 0 Å². The van der Waals surface area contributed by atoms with Gasteiger partial charge in [-0.3, -0.25) is 0 Å². The molecular weight excluding hydrogens is 334 g/mol. The predicted molar refractivity (Wildman–Crippen MR) is 86.8 cm³/mol. The molecule has 0 N–H and O–H groups in total. The SMILES string of the molecule is CCCCc1ccc(C(Br)Cc2ccc(F)c(F)c2)cc1. The van der Waals surface area contributed by atoms with E-state index in [2.05, 4.69) is 47.1 Å². The zero-order valence-corrected chi connectivity index (χ0v) is 13.7. The van der Waals surface area contributed by atoms with Gasteiger partial charge in [-0.2, -0.15) is 0 Å². The molecule has 0 saturated carbocycles. The minimum absolute atomic E-state index is 0.0996. The Morgan fingerprint density at radius 1 is 0.952 bits per heavy atom. The molecule has 1 atom stereocenters. The van der Waals surface area contributed by atoms with Crippen molar-refractivity contribution in [3.63, 3.8) is 0 Å². The quantitative estimate of drug-likeness (QED) is 0.560. The number of halogens is 3. The zero-order valence-electron chi connectivity index (χ0n) is 12.1. The summed E-state index contributed by atoms with van der Waals surface area (Å²) in [6.07, 6.45) is 4.13. The second kappa shape index (κ2) is 7.69. The van der Waals surface area contributed by atoms with Gasteiger partial charge >= 0.3 is 0 Å². The third-order valence-electron chi connectivity index (χ3n) is 3.56. The fourth-order valence-electron chi connectivity index (χ4n) is 2.27. The van der Waals surface area contributed by atoms with Crippen LogP contribution in [0.25, 0.3) is 0 Å². The van der Waals surface area contributed by atoms with Gasteiger partial charge in [0.2, 0.25) is 0 Å². The maximum Gasteiger partial charge on any atom is 0.159 e. The number of hydrogen-bond donors (Lipinski definition) is 0. The smallest absolute Gasteiger partial charge is 0.159 e. The van der Waals surface area contributed by atoms with E-state index in [1.165, 1.54) is 30.5 Å². The molecule has 0 spiro atoms. The van der Waals surface area contributed by atoms with Crippen LogP contribution in [0.5, 0.6) is 0 Å². The third-order valence-corrected chi connectivity index (χ3v) is 4.41. The lowest BCUT2D eigenvalue weighted by atomic mass is 10.0. The summed E-state index contributed by atoms with van der Waals surface area (Å²) < 4.78 is 26.1. The number of aryl methyl sites for hydroxylation is 1. The molecule has 0 saturated heterocycles. The van der Waals surface area contributed by atoms with Gasteiger partial charge in [-0.15, -0.1) is 0 Å². The average Bonchev–Trinajstić information content (AvgIpc) is 2.49. The first-order valence-corrected chi connectivity index (χ1v) is 8.18. The fourth-order valence-corrected chi connectivity index (χ4v) is 2.94. The number of hydrogen-bond acceptors (Lipinski definition) is 0. The number of unbranched alkanes of at least 4 members (excludes halogenated alkanes) is 1. The maximum atomic E-state index is 13.2. The van der Waals surface area contributed by atoms with Crippen LogP contribution >= 0.6 is 15.9 Å². The zero-order chi connectivity index (χ0) is 15.2. The number of alkyl halides is 1. The summed E-state index contributed by atoms with van der Waals surface area (Å²) in [5, 5.41) is 0. The highest BCUT2D eigenvalue weighted by Gasteiger charge is 2.10. The van der Waals surface area contributed by atoms with Crippen LogP contribution in [0, 0.1) is 11.6 Å². The van der Waals surface area contributed by atoms with Crippen molar-refractivity contribution in [3.8, 4) is 0 Å². The minimum Gasteiger partial charge on any atom is -0.204 e. The molecule has 0 aromatic heterocycles. The first-order chi connectivity index (χ1) is 10.1. The van der Waals surface area contributed by atoms with Crippen LogP contribution in [0.3, 0.4) is 0 Å². The van der Waals surface area contributed by atoms with Crippen LogP contribution in [-0.2, 0) is 12.8 Å². The lowest BCUT2D eigenvalue weighted by Crippen LogP contribution is -1.97. The van der Waals surface area contributed by atoms with Gasteiger partial charge in [-0.25, -0.2) is 8.78 Å². The van der Waals surface area contributed by atoms with E-state index in [9.17, 15) is 8.78 Å². The highest BCUT2D eigenvalue weighted by Crippen LogP contribution is 2.28. The van der Waals surface area contributed by atoms with Crippen LogP contribution in [0.15, 0.2) is 42.5 Å². The van der Waals surface area contributed by atoms with Crippen LogP contribution in [0.2, 0.25) is 0 Å². The molecule has 0 aliphatic carbocycles. The second-order valence-corrected chi connectivity index (χ2v) is 6.37. The standard InChI is InChI=1S/C18H19BrF2/c1-2-3-4-13-5-8-15(9-6-13)16(19)11-14-7-10-17(20)18(21)12-14/h5-10,12,16H,2-4,11H2,1H3. The van der Waals surface area contributed by atoms with E-state index >= 15 is 0 Å². The van der Waals surface area contributed by atoms with Crippen molar-refractivity contribution in [1.29, 1.82) is 0 Å². The molecule has 21 heavy (non-hydrogen) atoms. The Morgan fingerprint density at radius 3 is 2.24 bits per heavy atom. The third kappa shape index (κ3) is 4.63. The molecule has 2 aromatic carbocycles. The molecule has 1 unspecified atom stereocenters. The summed E-state index contributed by atoms with van der Waals surface area (Å²) in [5.74, 6) is -1.59. The van der Waals surface area contributed by atoms with Crippen molar-refractivity contribution in [2.75, 3.05) is 0 Å². The molecule has 3 heteroatoms. The highest BCUT2D eigenvalue weighted by molar-refractivity contribution is 9.09. The molecule has 0 aliphatic heterocycles. The summed E-state index contributed by atoms with van der Waals surface area (Å²) in [5.41, 5.74) is 3.28. The molecule has 112 valence electrons. The Labute approximate surface area is 133 Å². The first-order valence-electron chi connectivity index (χ1n) is 7.27. The Balaban J connectivity index is 2.02. The van der Waals surface area contributed by atoms with Crippen molar-refractivity contribution in [3.05, 3.63) is 70.8 Å². The van der Waals surface area contributed by atoms with E-state index < -0.39 is 11.6 Å². The molecule has 2 aromatic rings. The van der Waals surface area contributed by atoms with Crippen molar-refractivity contribution in [2.24, 2.45) is 0 Å². The summed E-state index contributed by atoms with van der Waals surface area (Å²) >= 11 is 3.63. The highest BCUT2D eigenvalue weighted by atomic mass is 79.9. The van der Waals surface area contributed by atoms with Crippen molar-refractivity contribution >= 4 is 15.9 Å². The van der Waals surface area contributed by atoms with Crippen molar-refractivity contribution in [1.82, 2.24) is 0 Å². The van der Waals surface area contributed by atoms with Gasteiger partial charge in [0, 0.05) is 4.83 Å². The second-order valence-electron chi connectivity index (χ2n) is 5.27. The molecule has 0 bridgehead atoms. The monoisotopic (exact) mass is 352 g/mol. The van der Waals surface area contributed by atoms with E-state index in [1.54, 1.807) is 6.07 Å². The van der Waals surface area contributed by atoms with E-state index in [0.29, 0.717) is 6.42 Å². The normalized spacial score (nSPS) is 12.4. The largest absolute Gasteiger partial charge is 0.204 e. The molecule has 0 amide bonds. The lowest BCUT2D eigenvalue weighted by Gasteiger charge is -2.11. The Bertz CT molecular complexity index is 578. The van der Waals surface area contributed by atoms with Crippen molar-refractivity contribution < 1.29 is 8.78 Å². The topological polar surface area (TPSA) is 0 Å². The van der Waals surface area contributed by atoms with Crippen LogP contribution in [0.4, 0.5) is 8.78 Å². The number of rotatable bonds is 6. The molecule has 0 aliphatic rings. The van der Waals surface area contributed by atoms with Crippen LogP contribution < -0.4 is 0 Å². The Hall–Kier alpha value is -1.22. The predicted octanol–water partition coefficient (Wildman–Crippen LogP) is 5.99. The van der Waals surface area contributed by atoms with E-state index in [0.717, 1.165) is 17.5 Å². The molecule has 0 fully saturated rings. The van der Waals surface area contributed by atoms with Crippen LogP contribution in [0.1, 0.15) is 41.3 Å². The summed E-state index contributed by atoms with van der Waals surface area (Å²) in [6.45, 7) is 2.19. The lowest BCUT2D eigenvalue weighted by molar-refractivity contribution is 0.507. The van der Waals surface area contributed by atoms with E-state index in [4.69, 9.17) is 0 Å². The number of benzene rings is 2. The van der Waals surface area contributed by atoms with Gasteiger partial charge in [0.1, 0.15) is 0 Å². The van der Waals surface area contributed by atoms with Gasteiger partial charge in [0.15, 0.2) is 11.6 Å². The molecule has 0 nitrogen and oxygen atoms in total. The Morgan fingerprint density at radius 2 is 1.62 bits per heavy atom. The summed E-state index contributed by atoms with van der Waals surface area (Å²) in [6, 6.07) is 12.6. The average molecular weight is 353 g/mol. The summed E-state index contributed by atoms with van der Waals surface area (Å²) in [4.78, 5) is 0.0996. The minimum atomic E-state index is -0.801. The molecule has 2 rings (SSSR count). The van der Waals surface area contributed by atoms with Gasteiger partial charge in [-0.05, 0) is 48.1 Å².